The topological polar surface area (TPSA) is 53.1 Å². The Bertz CT molecular complexity index is 444. The molecule has 0 spiro atoms. The molecule has 1 aromatic heterocycles. The van der Waals surface area contributed by atoms with Gasteiger partial charge in [-0.2, -0.15) is 0 Å². The molecule has 1 unspecified atom stereocenters. The van der Waals surface area contributed by atoms with Crippen molar-refractivity contribution < 1.29 is 0 Å². The van der Waals surface area contributed by atoms with E-state index in [-0.39, 0.29) is 0 Å². The van der Waals surface area contributed by atoms with Crippen LogP contribution in [0.25, 0.3) is 0 Å². The maximum Gasteiger partial charge on any atom is 0.136 e. The molecule has 0 bridgehead atoms. The SMILES string of the molecule is CCNc1cc(NCCN(C)C(C)CC)nc(C2CC2)n1. The van der Waals surface area contributed by atoms with Crippen LogP contribution in [0.3, 0.4) is 0 Å². The Morgan fingerprint density at radius 3 is 2.48 bits per heavy atom. The lowest BCUT2D eigenvalue weighted by molar-refractivity contribution is 0.261. The predicted molar refractivity (Wildman–Crippen MR) is 89.0 cm³/mol. The third kappa shape index (κ3) is 4.84. The van der Waals surface area contributed by atoms with Crippen molar-refractivity contribution in [1.82, 2.24) is 14.9 Å². The number of anilines is 2. The van der Waals surface area contributed by atoms with E-state index in [2.05, 4.69) is 53.3 Å². The van der Waals surface area contributed by atoms with Crippen LogP contribution < -0.4 is 10.6 Å². The van der Waals surface area contributed by atoms with Crippen LogP contribution in [-0.2, 0) is 0 Å². The third-order valence-electron chi connectivity index (χ3n) is 4.16. The van der Waals surface area contributed by atoms with Crippen LogP contribution >= 0.6 is 0 Å². The minimum absolute atomic E-state index is 0.576. The lowest BCUT2D eigenvalue weighted by atomic mass is 10.2. The fourth-order valence-electron chi connectivity index (χ4n) is 2.24. The molecule has 1 fully saturated rings. The van der Waals surface area contributed by atoms with E-state index < -0.39 is 0 Å². The van der Waals surface area contributed by atoms with Crippen LogP contribution in [0.1, 0.15) is 51.8 Å². The Labute approximate surface area is 128 Å². The fraction of sp³-hybridized carbons (Fsp3) is 0.750. The van der Waals surface area contributed by atoms with Gasteiger partial charge in [-0.3, -0.25) is 0 Å². The number of hydrogen-bond donors (Lipinski definition) is 2. The summed E-state index contributed by atoms with van der Waals surface area (Å²) in [5, 5.41) is 6.74. The minimum Gasteiger partial charge on any atom is -0.370 e. The predicted octanol–water partition coefficient (Wildman–Crippen LogP) is 2.93. The molecule has 2 rings (SSSR count). The highest BCUT2D eigenvalue weighted by atomic mass is 15.2. The van der Waals surface area contributed by atoms with Gasteiger partial charge >= 0.3 is 0 Å². The van der Waals surface area contributed by atoms with Crippen LogP contribution in [-0.4, -0.2) is 47.6 Å². The van der Waals surface area contributed by atoms with Crippen LogP contribution in [0.4, 0.5) is 11.6 Å². The van der Waals surface area contributed by atoms with Gasteiger partial charge in [0, 0.05) is 37.7 Å². The van der Waals surface area contributed by atoms with Crippen molar-refractivity contribution in [3.05, 3.63) is 11.9 Å². The van der Waals surface area contributed by atoms with Crippen molar-refractivity contribution in [2.75, 3.05) is 37.3 Å². The zero-order valence-corrected chi connectivity index (χ0v) is 13.8. The van der Waals surface area contributed by atoms with E-state index in [9.17, 15) is 0 Å². The summed E-state index contributed by atoms with van der Waals surface area (Å²) in [6, 6.07) is 2.63. The van der Waals surface area contributed by atoms with Gasteiger partial charge in [0.2, 0.25) is 0 Å². The summed E-state index contributed by atoms with van der Waals surface area (Å²) in [6.07, 6.45) is 3.64. The average molecular weight is 291 g/mol. The second kappa shape index (κ2) is 7.59. The lowest BCUT2D eigenvalue weighted by Gasteiger charge is -2.23. The van der Waals surface area contributed by atoms with Crippen LogP contribution in [0, 0.1) is 0 Å². The smallest absolute Gasteiger partial charge is 0.136 e. The zero-order valence-electron chi connectivity index (χ0n) is 13.8. The molecule has 0 radical (unpaired) electrons. The molecule has 1 heterocycles. The van der Waals surface area contributed by atoms with Crippen LogP contribution in [0.5, 0.6) is 0 Å². The highest BCUT2D eigenvalue weighted by Gasteiger charge is 2.27. The Morgan fingerprint density at radius 1 is 1.24 bits per heavy atom. The minimum atomic E-state index is 0.576. The first kappa shape index (κ1) is 16.0. The van der Waals surface area contributed by atoms with E-state index in [4.69, 9.17) is 0 Å². The normalized spacial score (nSPS) is 16.0. The Kier molecular flexibility index (Phi) is 5.79. The van der Waals surface area contributed by atoms with Gasteiger partial charge in [0.1, 0.15) is 17.5 Å². The number of nitrogens with one attached hydrogen (secondary N) is 2. The van der Waals surface area contributed by atoms with Crippen molar-refractivity contribution in [2.45, 2.75) is 52.0 Å². The molecule has 5 nitrogen and oxygen atoms in total. The summed E-state index contributed by atoms with van der Waals surface area (Å²) in [4.78, 5) is 11.6. The molecular weight excluding hydrogens is 262 g/mol. The van der Waals surface area contributed by atoms with E-state index in [0.717, 1.165) is 37.1 Å². The summed E-state index contributed by atoms with van der Waals surface area (Å²) >= 11 is 0. The summed E-state index contributed by atoms with van der Waals surface area (Å²) in [5.74, 6) is 3.45. The van der Waals surface area contributed by atoms with Gasteiger partial charge in [0.25, 0.3) is 0 Å². The van der Waals surface area contributed by atoms with Crippen molar-refractivity contribution in [2.24, 2.45) is 0 Å². The van der Waals surface area contributed by atoms with Crippen LogP contribution in [0.2, 0.25) is 0 Å². The zero-order chi connectivity index (χ0) is 15.2. The summed E-state index contributed by atoms with van der Waals surface area (Å²) in [5.41, 5.74) is 0. The van der Waals surface area contributed by atoms with Crippen LogP contribution in [0.15, 0.2) is 6.07 Å². The fourth-order valence-corrected chi connectivity index (χ4v) is 2.24. The molecule has 0 aromatic carbocycles. The first-order valence-corrected chi connectivity index (χ1v) is 8.21. The molecule has 1 saturated carbocycles. The summed E-state index contributed by atoms with van der Waals surface area (Å²) < 4.78 is 0. The van der Waals surface area contributed by atoms with Crippen molar-refractivity contribution in [3.8, 4) is 0 Å². The quantitative estimate of drug-likeness (QED) is 0.732. The first-order chi connectivity index (χ1) is 10.1. The first-order valence-electron chi connectivity index (χ1n) is 8.21. The summed E-state index contributed by atoms with van der Waals surface area (Å²) in [7, 11) is 2.18. The second-order valence-corrected chi connectivity index (χ2v) is 5.97. The van der Waals surface area contributed by atoms with Gasteiger partial charge in [-0.05, 0) is 40.2 Å². The monoisotopic (exact) mass is 291 g/mol. The number of aromatic nitrogens is 2. The Balaban J connectivity index is 1.92. The van der Waals surface area contributed by atoms with Gasteiger partial charge in [-0.15, -0.1) is 0 Å². The van der Waals surface area contributed by atoms with E-state index in [1.807, 2.05) is 6.07 Å². The van der Waals surface area contributed by atoms with Crippen molar-refractivity contribution in [3.63, 3.8) is 0 Å². The van der Waals surface area contributed by atoms with Gasteiger partial charge < -0.3 is 15.5 Å². The van der Waals surface area contributed by atoms with Crippen molar-refractivity contribution in [1.29, 1.82) is 0 Å². The van der Waals surface area contributed by atoms with E-state index in [1.54, 1.807) is 0 Å². The maximum atomic E-state index is 4.66. The maximum absolute atomic E-state index is 4.66. The number of likely N-dealkylation sites (N-methyl/N-ethyl adjacent to an activating group) is 1. The Hall–Kier alpha value is -1.36. The average Bonchev–Trinajstić information content (AvgIpc) is 3.31. The molecule has 0 aliphatic heterocycles. The number of nitrogens with zero attached hydrogens (tertiary/aromatic N) is 3. The number of hydrogen-bond acceptors (Lipinski definition) is 5. The second-order valence-electron chi connectivity index (χ2n) is 5.97. The molecule has 21 heavy (non-hydrogen) atoms. The highest BCUT2D eigenvalue weighted by Crippen LogP contribution is 2.38. The van der Waals surface area contributed by atoms with Gasteiger partial charge in [-0.25, -0.2) is 9.97 Å². The van der Waals surface area contributed by atoms with Gasteiger partial charge in [0.05, 0.1) is 0 Å². The standard InChI is InChI=1S/C16H29N5/c1-5-12(3)21(4)10-9-18-15-11-14(17-6-2)19-16(20-15)13-7-8-13/h11-13H,5-10H2,1-4H3,(H2,17,18,19,20). The lowest BCUT2D eigenvalue weighted by Crippen LogP contribution is -2.32. The number of rotatable bonds is 9. The largest absolute Gasteiger partial charge is 0.370 e. The molecule has 1 aliphatic carbocycles. The molecule has 5 heteroatoms. The molecule has 1 atom stereocenters. The van der Waals surface area contributed by atoms with Crippen molar-refractivity contribution >= 4 is 11.6 Å². The molecule has 0 amide bonds. The van der Waals surface area contributed by atoms with E-state index in [0.29, 0.717) is 12.0 Å². The molecular formula is C16H29N5. The molecule has 2 N–H and O–H groups in total. The third-order valence-corrected chi connectivity index (χ3v) is 4.16. The van der Waals surface area contributed by atoms with E-state index in [1.165, 1.54) is 19.3 Å². The molecule has 0 saturated heterocycles. The van der Waals surface area contributed by atoms with Gasteiger partial charge in [0.15, 0.2) is 0 Å². The molecule has 118 valence electrons. The highest BCUT2D eigenvalue weighted by molar-refractivity contribution is 5.48. The van der Waals surface area contributed by atoms with E-state index >= 15 is 0 Å². The molecule has 1 aliphatic rings. The Morgan fingerprint density at radius 2 is 1.90 bits per heavy atom. The summed E-state index contributed by atoms with van der Waals surface area (Å²) in [6.45, 7) is 9.40. The molecule has 1 aromatic rings. The van der Waals surface area contributed by atoms with Gasteiger partial charge in [-0.1, -0.05) is 6.92 Å².